The lowest BCUT2D eigenvalue weighted by molar-refractivity contribution is 0.0199. The van der Waals surface area contributed by atoms with Crippen molar-refractivity contribution in [2.75, 3.05) is 6.61 Å². The smallest absolute Gasteiger partial charge is 0.0576 e. The van der Waals surface area contributed by atoms with Gasteiger partial charge in [-0.15, -0.1) is 0 Å². The lowest BCUT2D eigenvalue weighted by Gasteiger charge is -2.26. The summed E-state index contributed by atoms with van der Waals surface area (Å²) in [5.41, 5.74) is 5.82. The molecule has 0 spiro atoms. The van der Waals surface area contributed by atoms with Gasteiger partial charge in [-0.25, -0.2) is 0 Å². The minimum absolute atomic E-state index is 0.435. The molecule has 2 heteroatoms. The summed E-state index contributed by atoms with van der Waals surface area (Å²) in [5.74, 6) is 0.755. The van der Waals surface area contributed by atoms with Crippen LogP contribution >= 0.6 is 0 Å². The van der Waals surface area contributed by atoms with Gasteiger partial charge in [-0.1, -0.05) is 13.8 Å². The second-order valence-corrected chi connectivity index (χ2v) is 4.59. The summed E-state index contributed by atoms with van der Waals surface area (Å²) in [5, 5.41) is 0. The molecule has 0 aromatic carbocycles. The highest BCUT2D eigenvalue weighted by molar-refractivity contribution is 4.74. The number of ether oxygens (including phenoxy) is 1. The topological polar surface area (TPSA) is 35.2 Å². The second-order valence-electron chi connectivity index (χ2n) is 4.59. The van der Waals surface area contributed by atoms with Gasteiger partial charge in [0.1, 0.15) is 0 Å². The molecule has 78 valence electrons. The van der Waals surface area contributed by atoms with Crippen LogP contribution in [0.5, 0.6) is 0 Å². The summed E-state index contributed by atoms with van der Waals surface area (Å²) in [4.78, 5) is 0. The van der Waals surface area contributed by atoms with Gasteiger partial charge in [0.2, 0.25) is 0 Å². The molecule has 0 aliphatic heterocycles. The van der Waals surface area contributed by atoms with Gasteiger partial charge in [0.15, 0.2) is 0 Å². The van der Waals surface area contributed by atoms with Gasteiger partial charge in [-0.3, -0.25) is 0 Å². The molecule has 0 amide bonds. The van der Waals surface area contributed by atoms with E-state index >= 15 is 0 Å². The van der Waals surface area contributed by atoms with Gasteiger partial charge >= 0.3 is 0 Å². The van der Waals surface area contributed by atoms with Crippen LogP contribution in [0.3, 0.4) is 0 Å². The first-order chi connectivity index (χ1) is 6.18. The zero-order chi connectivity index (χ0) is 9.68. The molecule has 1 aliphatic rings. The Morgan fingerprint density at radius 1 is 1.23 bits per heavy atom. The lowest BCUT2D eigenvalue weighted by atomic mass is 9.94. The van der Waals surface area contributed by atoms with Crippen molar-refractivity contribution < 1.29 is 4.74 Å². The molecule has 0 bridgehead atoms. The third-order valence-corrected chi connectivity index (χ3v) is 2.77. The maximum Gasteiger partial charge on any atom is 0.0576 e. The molecular weight excluding hydrogens is 162 g/mol. The Labute approximate surface area is 81.8 Å². The largest absolute Gasteiger partial charge is 0.378 e. The van der Waals surface area contributed by atoms with Gasteiger partial charge in [-0.05, 0) is 38.0 Å². The van der Waals surface area contributed by atoms with Crippen LogP contribution in [0.15, 0.2) is 0 Å². The van der Waals surface area contributed by atoms with Crippen LogP contribution in [0.25, 0.3) is 0 Å². The molecular formula is C11H23NO. The Bertz CT molecular complexity index is 128. The first-order valence-electron chi connectivity index (χ1n) is 5.55. The highest BCUT2D eigenvalue weighted by Crippen LogP contribution is 2.20. The zero-order valence-corrected chi connectivity index (χ0v) is 8.96. The van der Waals surface area contributed by atoms with Crippen LogP contribution in [0, 0.1) is 5.92 Å². The predicted octanol–water partition coefficient (Wildman–Crippen LogP) is 2.32. The molecule has 2 nitrogen and oxygen atoms in total. The SMILES string of the molecule is CC(C)CCOC1CCC(N)CC1. The average molecular weight is 185 g/mol. The maximum atomic E-state index is 5.82. The van der Waals surface area contributed by atoms with Gasteiger partial charge in [0, 0.05) is 12.6 Å². The molecule has 13 heavy (non-hydrogen) atoms. The Morgan fingerprint density at radius 2 is 1.85 bits per heavy atom. The molecule has 0 aromatic heterocycles. The highest BCUT2D eigenvalue weighted by Gasteiger charge is 2.18. The molecule has 0 heterocycles. The molecule has 1 saturated carbocycles. The average Bonchev–Trinajstić information content (AvgIpc) is 2.08. The standard InChI is InChI=1S/C11H23NO/c1-9(2)7-8-13-11-5-3-10(12)4-6-11/h9-11H,3-8,12H2,1-2H3. The quantitative estimate of drug-likeness (QED) is 0.729. The summed E-state index contributed by atoms with van der Waals surface area (Å²) >= 11 is 0. The van der Waals surface area contributed by atoms with E-state index in [1.807, 2.05) is 0 Å². The summed E-state index contributed by atoms with van der Waals surface area (Å²) in [6.07, 6.45) is 6.30. The third kappa shape index (κ3) is 4.63. The Hall–Kier alpha value is -0.0800. The van der Waals surface area contributed by atoms with Crippen molar-refractivity contribution in [2.24, 2.45) is 11.7 Å². The zero-order valence-electron chi connectivity index (χ0n) is 8.96. The molecule has 0 atom stereocenters. The van der Waals surface area contributed by atoms with Crippen LogP contribution in [-0.2, 0) is 4.74 Å². The van der Waals surface area contributed by atoms with Gasteiger partial charge in [-0.2, -0.15) is 0 Å². The molecule has 2 N–H and O–H groups in total. The van der Waals surface area contributed by atoms with Crippen molar-refractivity contribution in [1.29, 1.82) is 0 Å². The summed E-state index contributed by atoms with van der Waals surface area (Å²) in [6.45, 7) is 5.40. The molecule has 1 fully saturated rings. The van der Waals surface area contributed by atoms with Crippen LogP contribution < -0.4 is 5.73 Å². The fraction of sp³-hybridized carbons (Fsp3) is 1.00. The molecule has 1 aliphatic carbocycles. The fourth-order valence-electron chi connectivity index (χ4n) is 1.73. The van der Waals surface area contributed by atoms with E-state index in [-0.39, 0.29) is 0 Å². The van der Waals surface area contributed by atoms with E-state index in [2.05, 4.69) is 13.8 Å². The third-order valence-electron chi connectivity index (χ3n) is 2.77. The van der Waals surface area contributed by atoms with E-state index in [1.54, 1.807) is 0 Å². The van der Waals surface area contributed by atoms with E-state index in [0.717, 1.165) is 25.4 Å². The van der Waals surface area contributed by atoms with Crippen molar-refractivity contribution >= 4 is 0 Å². The predicted molar refractivity (Wildman–Crippen MR) is 55.6 cm³/mol. The number of hydrogen-bond donors (Lipinski definition) is 1. The van der Waals surface area contributed by atoms with E-state index in [0.29, 0.717) is 12.1 Å². The van der Waals surface area contributed by atoms with Gasteiger partial charge < -0.3 is 10.5 Å². The molecule has 0 aromatic rings. The molecule has 1 rings (SSSR count). The lowest BCUT2D eigenvalue weighted by Crippen LogP contribution is -2.30. The van der Waals surface area contributed by atoms with Crippen LogP contribution in [0.4, 0.5) is 0 Å². The van der Waals surface area contributed by atoms with Crippen molar-refractivity contribution in [1.82, 2.24) is 0 Å². The Kier molecular flexibility index (Phi) is 4.74. The van der Waals surface area contributed by atoms with Crippen LogP contribution in [-0.4, -0.2) is 18.8 Å². The summed E-state index contributed by atoms with van der Waals surface area (Å²) in [7, 11) is 0. The Morgan fingerprint density at radius 3 is 2.38 bits per heavy atom. The minimum atomic E-state index is 0.435. The van der Waals surface area contributed by atoms with Crippen molar-refractivity contribution in [3.63, 3.8) is 0 Å². The van der Waals surface area contributed by atoms with Crippen molar-refractivity contribution in [2.45, 2.75) is 58.1 Å². The normalized spacial score (nSPS) is 29.5. The van der Waals surface area contributed by atoms with Crippen LogP contribution in [0.2, 0.25) is 0 Å². The second kappa shape index (κ2) is 5.61. The molecule has 0 radical (unpaired) electrons. The number of rotatable bonds is 4. The van der Waals surface area contributed by atoms with Crippen molar-refractivity contribution in [3.8, 4) is 0 Å². The maximum absolute atomic E-state index is 5.82. The van der Waals surface area contributed by atoms with Gasteiger partial charge in [0.25, 0.3) is 0 Å². The van der Waals surface area contributed by atoms with E-state index in [9.17, 15) is 0 Å². The highest BCUT2D eigenvalue weighted by atomic mass is 16.5. The van der Waals surface area contributed by atoms with Gasteiger partial charge in [0.05, 0.1) is 6.10 Å². The van der Waals surface area contributed by atoms with Crippen molar-refractivity contribution in [3.05, 3.63) is 0 Å². The summed E-state index contributed by atoms with van der Waals surface area (Å²) < 4.78 is 5.79. The van der Waals surface area contributed by atoms with E-state index in [4.69, 9.17) is 10.5 Å². The number of hydrogen-bond acceptors (Lipinski definition) is 2. The Balaban J connectivity index is 2.02. The summed E-state index contributed by atoms with van der Waals surface area (Å²) in [6, 6.07) is 0.435. The first-order valence-corrected chi connectivity index (χ1v) is 5.55. The fourth-order valence-corrected chi connectivity index (χ4v) is 1.73. The monoisotopic (exact) mass is 185 g/mol. The van der Waals surface area contributed by atoms with E-state index in [1.165, 1.54) is 19.3 Å². The minimum Gasteiger partial charge on any atom is -0.378 e. The molecule has 0 saturated heterocycles. The number of nitrogens with two attached hydrogens (primary N) is 1. The van der Waals surface area contributed by atoms with E-state index < -0.39 is 0 Å². The first kappa shape index (κ1) is 11.0. The van der Waals surface area contributed by atoms with Crippen LogP contribution in [0.1, 0.15) is 46.0 Å². The molecule has 0 unspecified atom stereocenters.